The van der Waals surface area contributed by atoms with Gasteiger partial charge in [0.25, 0.3) is 0 Å². The van der Waals surface area contributed by atoms with E-state index in [-0.39, 0.29) is 33.4 Å². The lowest BCUT2D eigenvalue weighted by Gasteiger charge is -2.05. The van der Waals surface area contributed by atoms with Gasteiger partial charge in [-0.15, -0.1) is 12.4 Å². The number of sulfone groups is 1. The van der Waals surface area contributed by atoms with E-state index in [1.54, 1.807) is 0 Å². The van der Waals surface area contributed by atoms with Crippen LogP contribution < -0.4 is 0 Å². The van der Waals surface area contributed by atoms with E-state index in [4.69, 9.17) is 16.7 Å². The number of aromatic carboxylic acids is 1. The molecule has 0 aliphatic rings. The number of rotatable bonds is 2. The van der Waals surface area contributed by atoms with Crippen LogP contribution in [0.25, 0.3) is 10.9 Å². The molecule has 1 N–H and O–H groups in total. The van der Waals surface area contributed by atoms with Crippen LogP contribution in [0, 0.1) is 0 Å². The van der Waals surface area contributed by atoms with Crippen LogP contribution >= 0.6 is 24.0 Å². The number of pyridine rings is 1. The van der Waals surface area contributed by atoms with E-state index in [1.807, 2.05) is 0 Å². The van der Waals surface area contributed by atoms with E-state index in [0.717, 1.165) is 12.5 Å². The van der Waals surface area contributed by atoms with Gasteiger partial charge < -0.3 is 5.11 Å². The van der Waals surface area contributed by atoms with Gasteiger partial charge in [-0.25, -0.2) is 13.2 Å². The van der Waals surface area contributed by atoms with Gasteiger partial charge in [0.1, 0.15) is 5.56 Å². The highest BCUT2D eigenvalue weighted by molar-refractivity contribution is 7.90. The summed E-state index contributed by atoms with van der Waals surface area (Å²) in [4.78, 5) is 15.0. The molecule has 0 unspecified atom stereocenters. The minimum absolute atomic E-state index is 0. The molecule has 0 fully saturated rings. The standard InChI is InChI=1S/C11H8ClNO4S.ClH/c1-18(16,17)7-4-6-2-3-8(12)9(11(14)15)10(6)13-5-7;/h2-5H,1H3,(H,14,15);1H. The first-order valence-corrected chi connectivity index (χ1v) is 7.09. The molecule has 102 valence electrons. The Kier molecular flexibility index (Phi) is 4.39. The SMILES string of the molecule is CS(=O)(=O)c1cnc2c(C(=O)O)c(Cl)ccc2c1.Cl. The van der Waals surface area contributed by atoms with E-state index in [1.165, 1.54) is 18.2 Å². The minimum Gasteiger partial charge on any atom is -0.478 e. The monoisotopic (exact) mass is 321 g/mol. The van der Waals surface area contributed by atoms with Gasteiger partial charge in [-0.05, 0) is 12.1 Å². The summed E-state index contributed by atoms with van der Waals surface area (Å²) in [5.74, 6) is -1.20. The van der Waals surface area contributed by atoms with Crippen molar-refractivity contribution in [3.05, 3.63) is 35.0 Å². The van der Waals surface area contributed by atoms with Crippen molar-refractivity contribution in [3.63, 3.8) is 0 Å². The molecule has 0 saturated heterocycles. The number of fused-ring (bicyclic) bond motifs is 1. The Bertz CT molecular complexity index is 759. The van der Waals surface area contributed by atoms with Crippen LogP contribution in [0.3, 0.4) is 0 Å². The van der Waals surface area contributed by atoms with Crippen LogP contribution in [0.5, 0.6) is 0 Å². The molecular weight excluding hydrogens is 313 g/mol. The number of carbonyl (C=O) groups is 1. The Morgan fingerprint density at radius 2 is 2.00 bits per heavy atom. The molecule has 0 aliphatic carbocycles. The fourth-order valence-corrected chi connectivity index (χ4v) is 2.38. The number of benzene rings is 1. The van der Waals surface area contributed by atoms with Crippen molar-refractivity contribution >= 4 is 50.7 Å². The van der Waals surface area contributed by atoms with Crippen LogP contribution in [0.4, 0.5) is 0 Å². The minimum atomic E-state index is -3.38. The maximum Gasteiger partial charge on any atom is 0.339 e. The summed E-state index contributed by atoms with van der Waals surface area (Å²) in [6.45, 7) is 0. The highest BCUT2D eigenvalue weighted by Gasteiger charge is 2.16. The first kappa shape index (κ1) is 15.7. The summed E-state index contributed by atoms with van der Waals surface area (Å²) < 4.78 is 22.8. The van der Waals surface area contributed by atoms with Crippen molar-refractivity contribution in [3.8, 4) is 0 Å². The Morgan fingerprint density at radius 3 is 2.53 bits per heavy atom. The lowest BCUT2D eigenvalue weighted by molar-refractivity contribution is 0.0699. The zero-order valence-corrected chi connectivity index (χ0v) is 12.0. The average Bonchev–Trinajstić information content (AvgIpc) is 2.26. The molecule has 2 aromatic rings. The Hall–Kier alpha value is -1.37. The van der Waals surface area contributed by atoms with Gasteiger partial charge in [0.15, 0.2) is 9.84 Å². The van der Waals surface area contributed by atoms with E-state index in [9.17, 15) is 13.2 Å². The quantitative estimate of drug-likeness (QED) is 0.918. The highest BCUT2D eigenvalue weighted by Crippen LogP contribution is 2.26. The second kappa shape index (κ2) is 5.32. The number of halogens is 2. The molecule has 0 atom stereocenters. The first-order valence-electron chi connectivity index (χ1n) is 4.82. The third-order valence-corrected chi connectivity index (χ3v) is 3.81. The lowest BCUT2D eigenvalue weighted by atomic mass is 10.1. The number of nitrogens with zero attached hydrogens (tertiary/aromatic N) is 1. The van der Waals surface area contributed by atoms with E-state index in [2.05, 4.69) is 4.98 Å². The molecule has 0 aliphatic heterocycles. The summed E-state index contributed by atoms with van der Waals surface area (Å²) in [5, 5.41) is 9.53. The molecule has 8 heteroatoms. The fraction of sp³-hybridized carbons (Fsp3) is 0.0909. The topological polar surface area (TPSA) is 84.3 Å². The fourth-order valence-electron chi connectivity index (χ4n) is 1.56. The summed E-state index contributed by atoms with van der Waals surface area (Å²) in [6.07, 6.45) is 2.18. The van der Waals surface area contributed by atoms with Crippen LogP contribution in [-0.4, -0.2) is 30.7 Å². The van der Waals surface area contributed by atoms with Gasteiger partial charge >= 0.3 is 5.97 Å². The largest absolute Gasteiger partial charge is 0.478 e. The Morgan fingerprint density at radius 1 is 1.37 bits per heavy atom. The highest BCUT2D eigenvalue weighted by atomic mass is 35.5. The maximum absolute atomic E-state index is 11.4. The number of carboxylic acids is 1. The molecular formula is C11H9Cl2NO4S. The van der Waals surface area contributed by atoms with Gasteiger partial charge in [0.2, 0.25) is 0 Å². The first-order chi connectivity index (χ1) is 8.30. The summed E-state index contributed by atoms with van der Waals surface area (Å²) in [7, 11) is -3.38. The molecule has 0 bridgehead atoms. The Labute approximate surface area is 120 Å². The van der Waals surface area contributed by atoms with Crippen LogP contribution in [-0.2, 0) is 9.84 Å². The van der Waals surface area contributed by atoms with Gasteiger partial charge in [-0.2, -0.15) is 0 Å². The van der Waals surface area contributed by atoms with Crippen molar-refractivity contribution < 1.29 is 18.3 Å². The van der Waals surface area contributed by atoms with Crippen LogP contribution in [0.1, 0.15) is 10.4 Å². The lowest BCUT2D eigenvalue weighted by Crippen LogP contribution is -2.02. The van der Waals surface area contributed by atoms with Crippen LogP contribution in [0.15, 0.2) is 29.3 Å². The molecule has 0 spiro atoms. The van der Waals surface area contributed by atoms with Gasteiger partial charge in [-0.3, -0.25) is 4.98 Å². The van der Waals surface area contributed by atoms with E-state index < -0.39 is 15.8 Å². The predicted molar refractivity (Wildman–Crippen MR) is 74.1 cm³/mol. The second-order valence-electron chi connectivity index (χ2n) is 3.74. The molecule has 5 nitrogen and oxygen atoms in total. The number of aromatic nitrogens is 1. The zero-order chi connectivity index (χ0) is 13.5. The predicted octanol–water partition coefficient (Wildman–Crippen LogP) is 2.41. The van der Waals surface area contributed by atoms with E-state index >= 15 is 0 Å². The van der Waals surface area contributed by atoms with Crippen molar-refractivity contribution in [2.24, 2.45) is 0 Å². The summed E-state index contributed by atoms with van der Waals surface area (Å²) in [6, 6.07) is 4.31. The third-order valence-electron chi connectivity index (χ3n) is 2.42. The molecule has 2 rings (SSSR count). The number of hydrogen-bond donors (Lipinski definition) is 1. The van der Waals surface area contributed by atoms with Gasteiger partial charge in [0, 0.05) is 17.8 Å². The molecule has 19 heavy (non-hydrogen) atoms. The van der Waals surface area contributed by atoms with Crippen molar-refractivity contribution in [2.45, 2.75) is 4.90 Å². The maximum atomic E-state index is 11.4. The Balaban J connectivity index is 0.00000180. The average molecular weight is 322 g/mol. The smallest absolute Gasteiger partial charge is 0.339 e. The van der Waals surface area contributed by atoms with Crippen LogP contribution in [0.2, 0.25) is 5.02 Å². The van der Waals surface area contributed by atoms with Crippen molar-refractivity contribution in [1.82, 2.24) is 4.98 Å². The normalized spacial score (nSPS) is 11.1. The summed E-state index contributed by atoms with van der Waals surface area (Å²) >= 11 is 5.79. The molecule has 0 amide bonds. The van der Waals surface area contributed by atoms with Crippen molar-refractivity contribution in [1.29, 1.82) is 0 Å². The number of carboxylic acid groups (broad SMARTS) is 1. The molecule has 1 heterocycles. The van der Waals surface area contributed by atoms with E-state index in [0.29, 0.717) is 5.39 Å². The van der Waals surface area contributed by atoms with Crippen molar-refractivity contribution in [2.75, 3.05) is 6.26 Å². The second-order valence-corrected chi connectivity index (χ2v) is 6.17. The van der Waals surface area contributed by atoms with Gasteiger partial charge in [0.05, 0.1) is 15.4 Å². The van der Waals surface area contributed by atoms with Gasteiger partial charge in [-0.1, -0.05) is 17.7 Å². The molecule has 0 saturated carbocycles. The summed E-state index contributed by atoms with van der Waals surface area (Å²) in [5.41, 5.74) is 0.0385. The third kappa shape index (κ3) is 2.97. The number of hydrogen-bond acceptors (Lipinski definition) is 4. The molecule has 1 aromatic carbocycles. The zero-order valence-electron chi connectivity index (χ0n) is 9.62. The molecule has 0 radical (unpaired) electrons. The molecule has 1 aromatic heterocycles.